The molecule has 2 aromatic rings. The normalized spacial score (nSPS) is 16.9. The van der Waals surface area contributed by atoms with Crippen molar-refractivity contribution in [3.05, 3.63) is 59.2 Å². The fourth-order valence-electron chi connectivity index (χ4n) is 3.13. The summed E-state index contributed by atoms with van der Waals surface area (Å²) in [6.07, 6.45) is 1.72. The number of carbonyl (C=O) groups is 1. The van der Waals surface area contributed by atoms with Crippen molar-refractivity contribution in [3.8, 4) is 0 Å². The third-order valence-electron chi connectivity index (χ3n) is 4.17. The third-order valence-corrected chi connectivity index (χ3v) is 4.17. The van der Waals surface area contributed by atoms with Crippen LogP contribution in [0.5, 0.6) is 0 Å². The number of benzene rings is 2. The summed E-state index contributed by atoms with van der Waals surface area (Å²) in [5, 5.41) is 0. The zero-order valence-electron chi connectivity index (χ0n) is 12.5. The summed E-state index contributed by atoms with van der Waals surface area (Å²) in [4.78, 5) is 14.9. The van der Waals surface area contributed by atoms with Crippen molar-refractivity contribution >= 4 is 17.3 Å². The molecule has 1 aliphatic rings. The number of nitrogens with zero attached hydrogens (tertiary/aromatic N) is 1. The maximum absolute atomic E-state index is 13.0. The van der Waals surface area contributed by atoms with Gasteiger partial charge in [-0.05, 0) is 55.2 Å². The molecule has 3 heteroatoms. The minimum atomic E-state index is 0.0865. The number of nitrogen functional groups attached to an aromatic ring is 1. The van der Waals surface area contributed by atoms with Gasteiger partial charge in [-0.2, -0.15) is 0 Å². The zero-order chi connectivity index (χ0) is 15.0. The summed E-state index contributed by atoms with van der Waals surface area (Å²) in [6, 6.07) is 13.8. The lowest BCUT2D eigenvalue weighted by Crippen LogP contribution is -2.36. The van der Waals surface area contributed by atoms with Gasteiger partial charge in [-0.15, -0.1) is 0 Å². The molecule has 3 nitrogen and oxygen atoms in total. The summed E-state index contributed by atoms with van der Waals surface area (Å²) >= 11 is 0. The lowest BCUT2D eigenvalue weighted by atomic mass is 10.0. The van der Waals surface area contributed by atoms with E-state index in [0.717, 1.165) is 40.9 Å². The second kappa shape index (κ2) is 5.24. The first-order valence-corrected chi connectivity index (χ1v) is 7.41. The summed E-state index contributed by atoms with van der Waals surface area (Å²) in [7, 11) is 0. The Balaban J connectivity index is 2.03. The van der Waals surface area contributed by atoms with Crippen LogP contribution in [0, 0.1) is 0 Å². The van der Waals surface area contributed by atoms with Crippen molar-refractivity contribution in [2.24, 2.45) is 0 Å². The van der Waals surface area contributed by atoms with Crippen LogP contribution in [0.1, 0.15) is 35.3 Å². The smallest absolute Gasteiger partial charge is 0.258 e. The maximum Gasteiger partial charge on any atom is 0.258 e. The number of hydrogen-bond donors (Lipinski definition) is 1. The molecule has 0 bridgehead atoms. The average molecular weight is 280 g/mol. The van der Waals surface area contributed by atoms with Crippen LogP contribution >= 0.6 is 0 Å². The van der Waals surface area contributed by atoms with E-state index in [2.05, 4.69) is 13.8 Å². The molecule has 1 heterocycles. The molecule has 0 aromatic heterocycles. The fourth-order valence-corrected chi connectivity index (χ4v) is 3.13. The number of amides is 1. The van der Waals surface area contributed by atoms with Gasteiger partial charge in [0.05, 0.1) is 0 Å². The largest absolute Gasteiger partial charge is 0.399 e. The predicted octanol–water partition coefficient (Wildman–Crippen LogP) is 3.42. The Bertz CT molecular complexity index is 693. The Morgan fingerprint density at radius 1 is 1.29 bits per heavy atom. The van der Waals surface area contributed by atoms with Crippen molar-refractivity contribution < 1.29 is 4.79 Å². The zero-order valence-corrected chi connectivity index (χ0v) is 12.5. The number of hydrogen-bond acceptors (Lipinski definition) is 2. The first-order valence-electron chi connectivity index (χ1n) is 7.41. The standard InChI is InChI=1S/C18H20N2O/c1-3-13-6-4-5-7-16(13)18(21)20-12(2)10-14-11-15(19)8-9-17(14)20/h4-9,11-12H,3,10,19H2,1-2H3. The van der Waals surface area contributed by atoms with Crippen molar-refractivity contribution in [2.45, 2.75) is 32.7 Å². The van der Waals surface area contributed by atoms with E-state index in [1.165, 1.54) is 0 Å². The van der Waals surface area contributed by atoms with Crippen molar-refractivity contribution in [1.82, 2.24) is 0 Å². The fraction of sp³-hybridized carbons (Fsp3) is 0.278. The van der Waals surface area contributed by atoms with E-state index in [9.17, 15) is 4.79 Å². The Labute approximate surface area is 125 Å². The van der Waals surface area contributed by atoms with Crippen LogP contribution in [0.3, 0.4) is 0 Å². The SMILES string of the molecule is CCc1ccccc1C(=O)N1c2ccc(N)cc2CC1C. The van der Waals surface area contributed by atoms with Gasteiger partial charge >= 0.3 is 0 Å². The van der Waals surface area contributed by atoms with Crippen LogP contribution in [-0.4, -0.2) is 11.9 Å². The number of anilines is 2. The van der Waals surface area contributed by atoms with Gasteiger partial charge in [0.2, 0.25) is 0 Å². The molecule has 108 valence electrons. The minimum Gasteiger partial charge on any atom is -0.399 e. The number of aryl methyl sites for hydroxylation is 1. The van der Waals surface area contributed by atoms with Gasteiger partial charge < -0.3 is 10.6 Å². The highest BCUT2D eigenvalue weighted by Crippen LogP contribution is 2.35. The molecule has 0 fully saturated rings. The van der Waals surface area contributed by atoms with Crippen molar-refractivity contribution in [1.29, 1.82) is 0 Å². The van der Waals surface area contributed by atoms with Gasteiger partial charge in [-0.3, -0.25) is 4.79 Å². The van der Waals surface area contributed by atoms with E-state index in [1.54, 1.807) is 0 Å². The van der Waals surface area contributed by atoms with E-state index in [4.69, 9.17) is 5.73 Å². The number of rotatable bonds is 2. The highest BCUT2D eigenvalue weighted by molar-refractivity contribution is 6.08. The lowest BCUT2D eigenvalue weighted by molar-refractivity contribution is 0.0980. The second-order valence-corrected chi connectivity index (χ2v) is 5.63. The van der Waals surface area contributed by atoms with Gasteiger partial charge in [0.15, 0.2) is 0 Å². The highest BCUT2D eigenvalue weighted by atomic mass is 16.2. The van der Waals surface area contributed by atoms with Crippen LogP contribution in [0.2, 0.25) is 0 Å². The summed E-state index contributed by atoms with van der Waals surface area (Å²) in [5.74, 6) is 0.0865. The van der Waals surface area contributed by atoms with Gasteiger partial charge in [0.1, 0.15) is 0 Å². The molecule has 1 aliphatic heterocycles. The summed E-state index contributed by atoms with van der Waals surface area (Å²) in [6.45, 7) is 4.16. The molecular weight excluding hydrogens is 260 g/mol. The van der Waals surface area contributed by atoms with E-state index in [-0.39, 0.29) is 11.9 Å². The van der Waals surface area contributed by atoms with Crippen molar-refractivity contribution in [3.63, 3.8) is 0 Å². The van der Waals surface area contributed by atoms with Crippen LogP contribution < -0.4 is 10.6 Å². The number of carbonyl (C=O) groups excluding carboxylic acids is 1. The molecule has 3 rings (SSSR count). The quantitative estimate of drug-likeness (QED) is 0.857. The Morgan fingerprint density at radius 2 is 2.05 bits per heavy atom. The van der Waals surface area contributed by atoms with Crippen LogP contribution in [-0.2, 0) is 12.8 Å². The molecule has 0 aliphatic carbocycles. The van der Waals surface area contributed by atoms with Gasteiger partial charge in [-0.25, -0.2) is 0 Å². The number of fused-ring (bicyclic) bond motifs is 1. The molecule has 2 aromatic carbocycles. The van der Waals surface area contributed by atoms with Gasteiger partial charge in [-0.1, -0.05) is 25.1 Å². The van der Waals surface area contributed by atoms with E-state index in [1.807, 2.05) is 47.4 Å². The molecule has 0 saturated heterocycles. The molecule has 0 saturated carbocycles. The first-order chi connectivity index (χ1) is 10.1. The Kier molecular flexibility index (Phi) is 3.42. The third kappa shape index (κ3) is 2.29. The lowest BCUT2D eigenvalue weighted by Gasteiger charge is -2.24. The number of nitrogens with two attached hydrogens (primary N) is 1. The van der Waals surface area contributed by atoms with E-state index in [0.29, 0.717) is 0 Å². The average Bonchev–Trinajstić information content (AvgIpc) is 2.81. The first kappa shape index (κ1) is 13.7. The van der Waals surface area contributed by atoms with Gasteiger partial charge in [0.25, 0.3) is 5.91 Å². The molecule has 1 atom stereocenters. The molecule has 0 radical (unpaired) electrons. The second-order valence-electron chi connectivity index (χ2n) is 5.63. The van der Waals surface area contributed by atoms with E-state index >= 15 is 0 Å². The van der Waals surface area contributed by atoms with Gasteiger partial charge in [0, 0.05) is 23.0 Å². The maximum atomic E-state index is 13.0. The molecule has 21 heavy (non-hydrogen) atoms. The van der Waals surface area contributed by atoms with Crippen LogP contribution in [0.25, 0.3) is 0 Å². The van der Waals surface area contributed by atoms with Crippen molar-refractivity contribution in [2.75, 3.05) is 10.6 Å². The molecule has 0 spiro atoms. The molecule has 1 unspecified atom stereocenters. The highest BCUT2D eigenvalue weighted by Gasteiger charge is 2.32. The Hall–Kier alpha value is -2.29. The molecule has 1 amide bonds. The van der Waals surface area contributed by atoms with E-state index < -0.39 is 0 Å². The Morgan fingerprint density at radius 3 is 2.81 bits per heavy atom. The molecule has 2 N–H and O–H groups in total. The van der Waals surface area contributed by atoms with Crippen LogP contribution in [0.4, 0.5) is 11.4 Å². The van der Waals surface area contributed by atoms with Crippen LogP contribution in [0.15, 0.2) is 42.5 Å². The molecular formula is C18H20N2O. The minimum absolute atomic E-state index is 0.0865. The monoisotopic (exact) mass is 280 g/mol. The topological polar surface area (TPSA) is 46.3 Å². The summed E-state index contributed by atoms with van der Waals surface area (Å²) in [5.41, 5.74) is 10.7. The summed E-state index contributed by atoms with van der Waals surface area (Å²) < 4.78 is 0. The predicted molar refractivity (Wildman–Crippen MR) is 86.6 cm³/mol.